The lowest BCUT2D eigenvalue weighted by Gasteiger charge is -2.18. The van der Waals surface area contributed by atoms with Crippen LogP contribution in [0.3, 0.4) is 0 Å². The van der Waals surface area contributed by atoms with E-state index in [1.165, 1.54) is 18.1 Å². The molecule has 1 saturated carbocycles. The zero-order valence-corrected chi connectivity index (χ0v) is 16.4. The molecule has 8 nitrogen and oxygen atoms in total. The normalized spacial score (nSPS) is 18.1. The van der Waals surface area contributed by atoms with Gasteiger partial charge in [0.05, 0.1) is 18.1 Å². The summed E-state index contributed by atoms with van der Waals surface area (Å²) in [5, 5.41) is 9.81. The number of alkyl halides is 1. The Bertz CT molecular complexity index is 1070. The van der Waals surface area contributed by atoms with Gasteiger partial charge < -0.3 is 4.90 Å². The Morgan fingerprint density at radius 2 is 2.18 bits per heavy atom. The number of aromatic amines is 1. The molecule has 4 rings (SSSR count). The Morgan fingerprint density at radius 1 is 1.39 bits per heavy atom. The molecule has 0 spiro atoms. The Morgan fingerprint density at radius 3 is 2.93 bits per heavy atom. The van der Waals surface area contributed by atoms with E-state index in [4.69, 9.17) is 0 Å². The van der Waals surface area contributed by atoms with E-state index in [9.17, 15) is 14.0 Å². The molecule has 2 atom stereocenters. The van der Waals surface area contributed by atoms with Crippen molar-refractivity contribution in [3.05, 3.63) is 46.2 Å². The standard InChI is InChI=1S/C18H16BrFN6O2/c1-26(8-15(27)23-18-21-6-9-7-22-25-16(9)24-18)17(28)11-3-2-10(19)4-12(11)13-5-14(13)20/h2-4,6-7,13-14H,5,8H2,1H3,(H2,21,22,23,24,25,27). The van der Waals surface area contributed by atoms with E-state index in [-0.39, 0.29) is 24.3 Å². The Kier molecular flexibility index (Phi) is 4.80. The van der Waals surface area contributed by atoms with Crippen molar-refractivity contribution in [3.63, 3.8) is 0 Å². The highest BCUT2D eigenvalue weighted by molar-refractivity contribution is 9.10. The highest BCUT2D eigenvalue weighted by Gasteiger charge is 2.41. The van der Waals surface area contributed by atoms with Crippen LogP contribution in [0.2, 0.25) is 0 Å². The van der Waals surface area contributed by atoms with Gasteiger partial charge in [-0.05, 0) is 30.2 Å². The molecule has 2 amide bonds. The molecular weight excluding hydrogens is 431 g/mol. The lowest BCUT2D eigenvalue weighted by Crippen LogP contribution is -2.35. The molecule has 1 fully saturated rings. The van der Waals surface area contributed by atoms with Crippen molar-refractivity contribution in [2.45, 2.75) is 18.5 Å². The summed E-state index contributed by atoms with van der Waals surface area (Å²) in [6.45, 7) is -0.192. The predicted octanol–water partition coefficient (Wildman–Crippen LogP) is 2.65. The first-order valence-corrected chi connectivity index (χ1v) is 9.36. The molecule has 28 heavy (non-hydrogen) atoms. The van der Waals surface area contributed by atoms with Crippen LogP contribution in [-0.2, 0) is 4.79 Å². The molecular formula is C18H16BrFN6O2. The topological polar surface area (TPSA) is 104 Å². The Balaban J connectivity index is 1.45. The van der Waals surface area contributed by atoms with E-state index < -0.39 is 12.1 Å². The molecule has 0 aliphatic heterocycles. The maximum atomic E-state index is 13.6. The van der Waals surface area contributed by atoms with Crippen molar-refractivity contribution in [1.29, 1.82) is 0 Å². The number of benzene rings is 1. The summed E-state index contributed by atoms with van der Waals surface area (Å²) in [6.07, 6.45) is 2.59. The van der Waals surface area contributed by atoms with Gasteiger partial charge in [-0.15, -0.1) is 0 Å². The second kappa shape index (κ2) is 7.27. The molecule has 0 saturated heterocycles. The number of fused-ring (bicyclic) bond motifs is 1. The second-order valence-corrected chi connectivity index (χ2v) is 7.58. The van der Waals surface area contributed by atoms with Crippen LogP contribution >= 0.6 is 15.9 Å². The lowest BCUT2D eigenvalue weighted by molar-refractivity contribution is -0.116. The number of carbonyl (C=O) groups is 2. The van der Waals surface area contributed by atoms with Crippen molar-refractivity contribution in [2.24, 2.45) is 0 Å². The fraction of sp³-hybridized carbons (Fsp3) is 0.278. The van der Waals surface area contributed by atoms with Crippen LogP contribution in [0.1, 0.15) is 28.3 Å². The third-order valence-corrected chi connectivity index (χ3v) is 5.02. The molecule has 0 radical (unpaired) electrons. The minimum atomic E-state index is -0.927. The van der Waals surface area contributed by atoms with Crippen LogP contribution in [0.25, 0.3) is 11.0 Å². The van der Waals surface area contributed by atoms with Crippen molar-refractivity contribution >= 4 is 44.7 Å². The first-order valence-electron chi connectivity index (χ1n) is 8.57. The second-order valence-electron chi connectivity index (χ2n) is 6.67. The molecule has 1 aliphatic carbocycles. The van der Waals surface area contributed by atoms with Crippen LogP contribution in [0.4, 0.5) is 10.3 Å². The quantitative estimate of drug-likeness (QED) is 0.626. The van der Waals surface area contributed by atoms with Crippen molar-refractivity contribution in [3.8, 4) is 0 Å². The summed E-state index contributed by atoms with van der Waals surface area (Å²) in [7, 11) is 1.52. The van der Waals surface area contributed by atoms with E-state index in [0.29, 0.717) is 23.2 Å². The summed E-state index contributed by atoms with van der Waals surface area (Å²) < 4.78 is 14.3. The van der Waals surface area contributed by atoms with Gasteiger partial charge in [-0.2, -0.15) is 10.1 Å². The van der Waals surface area contributed by atoms with Gasteiger partial charge in [0.25, 0.3) is 5.91 Å². The molecule has 144 valence electrons. The molecule has 2 heterocycles. The minimum absolute atomic E-state index is 0.116. The first-order chi connectivity index (χ1) is 13.4. The summed E-state index contributed by atoms with van der Waals surface area (Å²) in [5.41, 5.74) is 1.56. The molecule has 0 bridgehead atoms. The number of anilines is 1. The van der Waals surface area contributed by atoms with Gasteiger partial charge in [-0.1, -0.05) is 15.9 Å². The molecule has 1 aromatic carbocycles. The molecule has 2 N–H and O–H groups in total. The Hall–Kier alpha value is -2.88. The molecule has 10 heteroatoms. The number of halogens is 2. The number of hydrogen-bond acceptors (Lipinski definition) is 5. The van der Waals surface area contributed by atoms with Gasteiger partial charge in [0.2, 0.25) is 11.9 Å². The van der Waals surface area contributed by atoms with E-state index in [1.54, 1.807) is 24.4 Å². The first kappa shape index (κ1) is 18.5. The summed E-state index contributed by atoms with van der Waals surface area (Å²) >= 11 is 3.36. The minimum Gasteiger partial charge on any atom is -0.332 e. The Labute approximate surface area is 167 Å². The van der Waals surface area contributed by atoms with Crippen LogP contribution < -0.4 is 5.32 Å². The van der Waals surface area contributed by atoms with Crippen molar-refractivity contribution in [1.82, 2.24) is 25.1 Å². The highest BCUT2D eigenvalue weighted by atomic mass is 79.9. The van der Waals surface area contributed by atoms with Crippen LogP contribution in [0.5, 0.6) is 0 Å². The number of rotatable bonds is 5. The highest BCUT2D eigenvalue weighted by Crippen LogP contribution is 2.45. The fourth-order valence-electron chi connectivity index (χ4n) is 2.98. The largest absolute Gasteiger partial charge is 0.332 e. The van der Waals surface area contributed by atoms with Gasteiger partial charge in [0.1, 0.15) is 6.17 Å². The summed E-state index contributed by atoms with van der Waals surface area (Å²) in [6, 6.07) is 5.14. The van der Waals surface area contributed by atoms with E-state index in [0.717, 1.165) is 9.86 Å². The number of hydrogen-bond donors (Lipinski definition) is 2. The fourth-order valence-corrected chi connectivity index (χ4v) is 3.36. The lowest BCUT2D eigenvalue weighted by atomic mass is 10.0. The number of nitrogens with zero attached hydrogens (tertiary/aromatic N) is 4. The van der Waals surface area contributed by atoms with E-state index in [1.807, 2.05) is 0 Å². The number of aromatic nitrogens is 4. The summed E-state index contributed by atoms with van der Waals surface area (Å²) in [4.78, 5) is 34.6. The third kappa shape index (κ3) is 3.72. The number of likely N-dealkylation sites (N-methyl/N-ethyl adjacent to an activating group) is 1. The number of nitrogens with one attached hydrogen (secondary N) is 2. The molecule has 2 aromatic heterocycles. The zero-order chi connectivity index (χ0) is 19.8. The summed E-state index contributed by atoms with van der Waals surface area (Å²) in [5.74, 6) is -0.941. The van der Waals surface area contributed by atoms with Gasteiger partial charge in [0, 0.05) is 29.2 Å². The van der Waals surface area contributed by atoms with E-state index >= 15 is 0 Å². The number of H-pyrrole nitrogens is 1. The maximum absolute atomic E-state index is 13.6. The molecule has 3 aromatic rings. The van der Waals surface area contributed by atoms with Crippen LogP contribution in [-0.4, -0.2) is 56.6 Å². The van der Waals surface area contributed by atoms with Crippen LogP contribution in [0, 0.1) is 0 Å². The molecule has 1 aliphatic rings. The SMILES string of the molecule is CN(CC(=O)Nc1ncc2cn[nH]c2n1)C(=O)c1ccc(Br)cc1C1CC1F. The predicted molar refractivity (Wildman–Crippen MR) is 104 cm³/mol. The van der Waals surface area contributed by atoms with Gasteiger partial charge in [0.15, 0.2) is 5.65 Å². The smallest absolute Gasteiger partial charge is 0.254 e. The van der Waals surface area contributed by atoms with E-state index in [2.05, 4.69) is 41.4 Å². The monoisotopic (exact) mass is 446 g/mol. The van der Waals surface area contributed by atoms with Gasteiger partial charge in [-0.3, -0.25) is 20.0 Å². The van der Waals surface area contributed by atoms with Gasteiger partial charge in [-0.25, -0.2) is 9.37 Å². The number of carbonyl (C=O) groups excluding carboxylic acids is 2. The van der Waals surface area contributed by atoms with Crippen molar-refractivity contribution < 1.29 is 14.0 Å². The van der Waals surface area contributed by atoms with Crippen molar-refractivity contribution in [2.75, 3.05) is 18.9 Å². The van der Waals surface area contributed by atoms with Crippen LogP contribution in [0.15, 0.2) is 35.1 Å². The average molecular weight is 447 g/mol. The zero-order valence-electron chi connectivity index (χ0n) is 14.8. The maximum Gasteiger partial charge on any atom is 0.254 e. The van der Waals surface area contributed by atoms with Gasteiger partial charge >= 0.3 is 0 Å². The third-order valence-electron chi connectivity index (χ3n) is 4.53. The molecule has 2 unspecified atom stereocenters. The average Bonchev–Trinajstić information content (AvgIpc) is 3.20. The number of amides is 2.